The maximum Gasteiger partial charge on any atom is 0.273 e. The van der Waals surface area contributed by atoms with Gasteiger partial charge < -0.3 is 15.0 Å². The molecule has 4 rings (SSSR count). The minimum Gasteiger partial charge on any atom is -0.380 e. The molecule has 1 N–H and O–H groups in total. The van der Waals surface area contributed by atoms with Crippen molar-refractivity contribution in [2.24, 2.45) is 5.92 Å². The number of rotatable bonds is 1. The molecule has 1 aliphatic carbocycles. The lowest BCUT2D eigenvalue weighted by atomic mass is 9.82. The molecule has 2 unspecified atom stereocenters. The van der Waals surface area contributed by atoms with Crippen LogP contribution in [0, 0.1) is 5.92 Å². The van der Waals surface area contributed by atoms with Crippen LogP contribution in [0.25, 0.3) is 10.8 Å². The summed E-state index contributed by atoms with van der Waals surface area (Å²) < 4.78 is 5.60. The summed E-state index contributed by atoms with van der Waals surface area (Å²) in [6.07, 6.45) is 6.20. The second-order valence-corrected chi connectivity index (χ2v) is 7.59. The lowest BCUT2D eigenvalue weighted by Crippen LogP contribution is -2.51. The van der Waals surface area contributed by atoms with Gasteiger partial charge >= 0.3 is 0 Å². The third-order valence-corrected chi connectivity index (χ3v) is 5.84. The molecule has 1 aromatic carbocycles. The number of hydrogen-bond donors (Lipinski definition) is 1. The first-order valence-electron chi connectivity index (χ1n) is 10.3. The van der Waals surface area contributed by atoms with Crippen molar-refractivity contribution in [3.8, 4) is 0 Å². The van der Waals surface area contributed by atoms with E-state index in [4.69, 9.17) is 4.74 Å². The number of pyridine rings is 1. The van der Waals surface area contributed by atoms with E-state index < -0.39 is 0 Å². The van der Waals surface area contributed by atoms with Gasteiger partial charge in [-0.1, -0.05) is 37.1 Å². The quantitative estimate of drug-likeness (QED) is 0.825. The molecule has 2 amide bonds. The molecule has 1 saturated carbocycles. The first-order valence-corrected chi connectivity index (χ1v) is 10.3. The van der Waals surface area contributed by atoms with E-state index in [-0.39, 0.29) is 23.8 Å². The van der Waals surface area contributed by atoms with Crippen molar-refractivity contribution < 1.29 is 14.3 Å². The highest BCUT2D eigenvalue weighted by molar-refractivity contribution is 6.05. The van der Waals surface area contributed by atoms with Crippen molar-refractivity contribution in [1.29, 1.82) is 0 Å². The molecule has 0 radical (unpaired) electrons. The van der Waals surface area contributed by atoms with Gasteiger partial charge in [-0.3, -0.25) is 14.6 Å². The predicted octanol–water partition coefficient (Wildman–Crippen LogP) is 2.77. The Morgan fingerprint density at radius 2 is 1.96 bits per heavy atom. The van der Waals surface area contributed by atoms with E-state index in [9.17, 15) is 9.59 Å². The summed E-state index contributed by atoms with van der Waals surface area (Å²) in [7, 11) is 0. The Kier molecular flexibility index (Phi) is 5.86. The van der Waals surface area contributed by atoms with Crippen LogP contribution in [-0.4, -0.2) is 54.0 Å². The van der Waals surface area contributed by atoms with Gasteiger partial charge in [-0.05, 0) is 30.7 Å². The van der Waals surface area contributed by atoms with Crippen molar-refractivity contribution in [2.75, 3.05) is 26.3 Å². The summed E-state index contributed by atoms with van der Waals surface area (Å²) in [5.41, 5.74) is 0.471. The van der Waals surface area contributed by atoms with Crippen LogP contribution < -0.4 is 5.32 Å². The number of amides is 2. The molecule has 1 aromatic heterocycles. The maximum atomic E-state index is 13.6. The normalized spacial score (nSPS) is 24.1. The average Bonchev–Trinajstić information content (AvgIpc) is 2.77. The fraction of sp³-hybridized carbons (Fsp3) is 0.500. The standard InChI is InChI=1S/C22H27N3O3/c26-21-18-8-3-4-9-19(18)25(13-5-14-28-15-12-24-21)22(27)20-17-7-2-1-6-16(17)10-11-23-20/h1-2,6-7,10-11,18-19H,3-5,8-9,12-15H2,(H,24,26). The van der Waals surface area contributed by atoms with Gasteiger partial charge in [0.2, 0.25) is 5.91 Å². The van der Waals surface area contributed by atoms with E-state index >= 15 is 0 Å². The summed E-state index contributed by atoms with van der Waals surface area (Å²) in [5.74, 6) is -0.203. The van der Waals surface area contributed by atoms with Gasteiger partial charge in [0.25, 0.3) is 5.91 Å². The number of nitrogens with one attached hydrogen (secondary N) is 1. The zero-order valence-corrected chi connectivity index (χ0v) is 16.1. The Morgan fingerprint density at radius 3 is 2.89 bits per heavy atom. The van der Waals surface area contributed by atoms with Crippen LogP contribution >= 0.6 is 0 Å². The Bertz CT molecular complexity index is 849. The first kappa shape index (κ1) is 18.9. The number of carbonyl (C=O) groups is 2. The Balaban J connectivity index is 1.70. The van der Waals surface area contributed by atoms with E-state index in [1.165, 1.54) is 0 Å². The molecule has 2 heterocycles. The van der Waals surface area contributed by atoms with Crippen LogP contribution in [0.1, 0.15) is 42.6 Å². The molecular weight excluding hydrogens is 354 g/mol. The predicted molar refractivity (Wildman–Crippen MR) is 107 cm³/mol. The minimum absolute atomic E-state index is 0.0406. The average molecular weight is 381 g/mol. The zero-order chi connectivity index (χ0) is 19.3. The summed E-state index contributed by atoms with van der Waals surface area (Å²) >= 11 is 0. The van der Waals surface area contributed by atoms with Gasteiger partial charge in [0.1, 0.15) is 5.69 Å². The Morgan fingerprint density at radius 1 is 1.11 bits per heavy atom. The van der Waals surface area contributed by atoms with Crippen molar-refractivity contribution in [2.45, 2.75) is 38.1 Å². The fourth-order valence-electron chi connectivity index (χ4n) is 4.45. The van der Waals surface area contributed by atoms with Gasteiger partial charge in [0, 0.05) is 37.3 Å². The SMILES string of the molecule is O=C1NCCOCCCN(C(=O)c2nccc3ccccc23)C2CCCCC12. The summed E-state index contributed by atoms with van der Waals surface area (Å²) in [6.45, 7) is 2.21. The molecule has 0 spiro atoms. The van der Waals surface area contributed by atoms with E-state index in [1.807, 2.05) is 35.2 Å². The number of carbonyl (C=O) groups excluding carboxylic acids is 2. The van der Waals surface area contributed by atoms with Crippen LogP contribution in [0.3, 0.4) is 0 Å². The van der Waals surface area contributed by atoms with E-state index in [2.05, 4.69) is 10.3 Å². The number of benzene rings is 1. The second-order valence-electron chi connectivity index (χ2n) is 7.59. The lowest BCUT2D eigenvalue weighted by Gasteiger charge is -2.39. The van der Waals surface area contributed by atoms with Gasteiger partial charge in [-0.2, -0.15) is 0 Å². The van der Waals surface area contributed by atoms with Crippen molar-refractivity contribution in [1.82, 2.24) is 15.2 Å². The number of hydrogen-bond acceptors (Lipinski definition) is 4. The summed E-state index contributed by atoms with van der Waals surface area (Å²) in [4.78, 5) is 32.7. The van der Waals surface area contributed by atoms with Crippen molar-refractivity contribution in [3.63, 3.8) is 0 Å². The highest BCUT2D eigenvalue weighted by Gasteiger charge is 2.37. The topological polar surface area (TPSA) is 71.5 Å². The van der Waals surface area contributed by atoms with Crippen LogP contribution in [-0.2, 0) is 9.53 Å². The fourth-order valence-corrected chi connectivity index (χ4v) is 4.45. The van der Waals surface area contributed by atoms with Gasteiger partial charge in [-0.25, -0.2) is 0 Å². The molecule has 0 bridgehead atoms. The highest BCUT2D eigenvalue weighted by atomic mass is 16.5. The summed E-state index contributed by atoms with van der Waals surface area (Å²) in [6, 6.07) is 9.66. The van der Waals surface area contributed by atoms with Crippen molar-refractivity contribution >= 4 is 22.6 Å². The third-order valence-electron chi connectivity index (χ3n) is 5.84. The maximum absolute atomic E-state index is 13.6. The number of fused-ring (bicyclic) bond motifs is 2. The highest BCUT2D eigenvalue weighted by Crippen LogP contribution is 2.31. The van der Waals surface area contributed by atoms with Gasteiger partial charge in [0.15, 0.2) is 0 Å². The largest absolute Gasteiger partial charge is 0.380 e. The Labute approximate surface area is 165 Å². The molecule has 2 fully saturated rings. The van der Waals surface area contributed by atoms with Crippen molar-refractivity contribution in [3.05, 3.63) is 42.2 Å². The second kappa shape index (κ2) is 8.69. The third kappa shape index (κ3) is 3.87. The zero-order valence-electron chi connectivity index (χ0n) is 16.1. The van der Waals surface area contributed by atoms with Crippen LogP contribution in [0.4, 0.5) is 0 Å². The monoisotopic (exact) mass is 381 g/mol. The van der Waals surface area contributed by atoms with Gasteiger partial charge in [0.05, 0.1) is 12.5 Å². The lowest BCUT2D eigenvalue weighted by molar-refractivity contribution is -0.128. The summed E-state index contributed by atoms with van der Waals surface area (Å²) in [5, 5.41) is 4.85. The Hall–Kier alpha value is -2.47. The molecule has 6 heteroatoms. The molecule has 148 valence electrons. The molecule has 1 aliphatic heterocycles. The first-order chi connectivity index (χ1) is 13.8. The number of nitrogens with zero attached hydrogens (tertiary/aromatic N) is 2. The van der Waals surface area contributed by atoms with Crippen LogP contribution in [0.15, 0.2) is 36.5 Å². The molecule has 2 aromatic rings. The minimum atomic E-state index is -0.161. The molecule has 1 saturated heterocycles. The smallest absolute Gasteiger partial charge is 0.273 e. The molecule has 2 atom stereocenters. The van der Waals surface area contributed by atoms with Gasteiger partial charge in [-0.15, -0.1) is 0 Å². The molecule has 2 aliphatic rings. The van der Waals surface area contributed by atoms with Crippen LogP contribution in [0.5, 0.6) is 0 Å². The van der Waals surface area contributed by atoms with E-state index in [0.29, 0.717) is 32.0 Å². The molecular formula is C22H27N3O3. The molecule has 6 nitrogen and oxygen atoms in total. The number of aromatic nitrogens is 1. The number of ether oxygens (including phenoxy) is 1. The van der Waals surface area contributed by atoms with Crippen LogP contribution in [0.2, 0.25) is 0 Å². The molecule has 28 heavy (non-hydrogen) atoms. The van der Waals surface area contributed by atoms with E-state index in [0.717, 1.165) is 42.9 Å². The van der Waals surface area contributed by atoms with E-state index in [1.54, 1.807) is 6.20 Å².